The van der Waals surface area contributed by atoms with E-state index in [2.05, 4.69) is 34.3 Å². The average Bonchev–Trinajstić information content (AvgIpc) is 2.76. The summed E-state index contributed by atoms with van der Waals surface area (Å²) in [6.45, 7) is 13.5. The second kappa shape index (κ2) is 2.16. The van der Waals surface area contributed by atoms with Crippen LogP contribution in [0, 0.1) is 29.1 Å². The number of fused-ring (bicyclic) bond motifs is 1. The number of allylic oxidation sites excluding steroid dienone is 1. The lowest BCUT2D eigenvalue weighted by molar-refractivity contribution is 0.342. The zero-order valence-corrected chi connectivity index (χ0v) is 8.72. The molecular weight excluding hydrogens is 144 g/mol. The Balaban J connectivity index is 1.82. The fraction of sp³-hybridized carbons (Fsp3) is 0.833. The number of hydrogen-bond acceptors (Lipinski definition) is 0. The van der Waals surface area contributed by atoms with Crippen molar-refractivity contribution in [3.63, 3.8) is 0 Å². The molecule has 0 aliphatic heterocycles. The molecule has 4 unspecified atom stereocenters. The molecule has 12 heavy (non-hydrogen) atoms. The second-order valence-corrected chi connectivity index (χ2v) is 5.35. The van der Waals surface area contributed by atoms with E-state index in [1.807, 2.05) is 0 Å². The first kappa shape index (κ1) is 8.34. The van der Waals surface area contributed by atoms with Crippen LogP contribution < -0.4 is 0 Å². The van der Waals surface area contributed by atoms with E-state index in [1.54, 1.807) is 0 Å². The van der Waals surface area contributed by atoms with Gasteiger partial charge < -0.3 is 0 Å². The van der Waals surface area contributed by atoms with E-state index in [0.717, 1.165) is 23.7 Å². The summed E-state index contributed by atoms with van der Waals surface area (Å²) in [5, 5.41) is 0. The maximum absolute atomic E-state index is 4.07. The highest BCUT2D eigenvalue weighted by molar-refractivity contribution is 5.51. The summed E-state index contributed by atoms with van der Waals surface area (Å²) < 4.78 is 0. The smallest absolute Gasteiger partial charge is 0.00130 e. The lowest BCUT2D eigenvalue weighted by Gasteiger charge is -2.18. The van der Waals surface area contributed by atoms with Gasteiger partial charge in [-0.1, -0.05) is 39.8 Å². The van der Waals surface area contributed by atoms with Crippen molar-refractivity contribution in [2.24, 2.45) is 29.1 Å². The molecule has 0 aromatic carbocycles. The van der Waals surface area contributed by atoms with Gasteiger partial charge in [0.15, 0.2) is 0 Å². The molecule has 0 amide bonds. The van der Waals surface area contributed by atoms with Gasteiger partial charge >= 0.3 is 0 Å². The molecule has 2 aliphatic rings. The van der Waals surface area contributed by atoms with Gasteiger partial charge in [0.05, 0.1) is 0 Å². The fourth-order valence-electron chi connectivity index (χ4n) is 2.60. The Morgan fingerprint density at radius 1 is 1.42 bits per heavy atom. The van der Waals surface area contributed by atoms with Gasteiger partial charge in [0.25, 0.3) is 0 Å². The van der Waals surface area contributed by atoms with Gasteiger partial charge in [0.1, 0.15) is 0 Å². The van der Waals surface area contributed by atoms with E-state index in [1.165, 1.54) is 12.0 Å². The van der Waals surface area contributed by atoms with Crippen LogP contribution in [-0.2, 0) is 0 Å². The maximum atomic E-state index is 4.07. The van der Waals surface area contributed by atoms with Crippen molar-refractivity contribution in [3.8, 4) is 0 Å². The molecule has 68 valence electrons. The van der Waals surface area contributed by atoms with E-state index in [4.69, 9.17) is 0 Å². The van der Waals surface area contributed by atoms with Crippen LogP contribution in [0.15, 0.2) is 12.2 Å². The van der Waals surface area contributed by atoms with Crippen molar-refractivity contribution in [1.82, 2.24) is 0 Å². The lowest BCUT2D eigenvalue weighted by Crippen LogP contribution is -2.09. The Morgan fingerprint density at radius 2 is 1.92 bits per heavy atom. The molecule has 0 aromatic heterocycles. The summed E-state index contributed by atoms with van der Waals surface area (Å²) in [4.78, 5) is 0. The van der Waals surface area contributed by atoms with Crippen LogP contribution in [0.25, 0.3) is 0 Å². The lowest BCUT2D eigenvalue weighted by atomic mass is 9.87. The summed E-state index contributed by atoms with van der Waals surface area (Å²) in [5.41, 5.74) is 2.15. The molecule has 2 fully saturated rings. The maximum Gasteiger partial charge on any atom is -0.00130 e. The summed E-state index contributed by atoms with van der Waals surface area (Å²) in [6.07, 6.45) is 1.43. The SMILES string of the molecule is C=C1C2C(CC(C)C(C)C)C12C. The van der Waals surface area contributed by atoms with Crippen molar-refractivity contribution < 1.29 is 0 Å². The fourth-order valence-corrected chi connectivity index (χ4v) is 2.60. The molecule has 2 saturated carbocycles. The minimum Gasteiger partial charge on any atom is -0.0990 e. The third kappa shape index (κ3) is 0.841. The molecule has 0 radical (unpaired) electrons. The zero-order chi connectivity index (χ0) is 9.09. The Bertz CT molecular complexity index is 226. The molecule has 0 heteroatoms. The Kier molecular flexibility index (Phi) is 1.50. The van der Waals surface area contributed by atoms with E-state index < -0.39 is 0 Å². The van der Waals surface area contributed by atoms with E-state index in [0.29, 0.717) is 5.41 Å². The Hall–Kier alpha value is -0.260. The van der Waals surface area contributed by atoms with Crippen LogP contribution in [-0.4, -0.2) is 0 Å². The third-order valence-electron chi connectivity index (χ3n) is 4.46. The Morgan fingerprint density at radius 3 is 2.25 bits per heavy atom. The Labute approximate surface area is 76.1 Å². The molecule has 2 aliphatic carbocycles. The first-order chi connectivity index (χ1) is 5.49. The number of rotatable bonds is 3. The van der Waals surface area contributed by atoms with Gasteiger partial charge in [-0.3, -0.25) is 0 Å². The van der Waals surface area contributed by atoms with Crippen LogP contribution >= 0.6 is 0 Å². The second-order valence-electron chi connectivity index (χ2n) is 5.35. The van der Waals surface area contributed by atoms with Crippen LogP contribution in [0.5, 0.6) is 0 Å². The van der Waals surface area contributed by atoms with Gasteiger partial charge in [0.2, 0.25) is 0 Å². The molecule has 0 N–H and O–H groups in total. The average molecular weight is 164 g/mol. The van der Waals surface area contributed by atoms with E-state index in [9.17, 15) is 0 Å². The number of hydrogen-bond donors (Lipinski definition) is 0. The van der Waals surface area contributed by atoms with Crippen molar-refractivity contribution in [2.75, 3.05) is 0 Å². The van der Waals surface area contributed by atoms with Crippen LogP contribution in [0.1, 0.15) is 34.1 Å². The topological polar surface area (TPSA) is 0 Å². The van der Waals surface area contributed by atoms with Crippen molar-refractivity contribution >= 4 is 0 Å². The molecule has 0 aromatic rings. The van der Waals surface area contributed by atoms with Crippen LogP contribution in [0.2, 0.25) is 0 Å². The highest BCUT2D eigenvalue weighted by atomic mass is 14.8. The predicted octanol–water partition coefficient (Wildman–Crippen LogP) is 3.49. The highest BCUT2D eigenvalue weighted by Crippen LogP contribution is 2.84. The molecule has 4 atom stereocenters. The van der Waals surface area contributed by atoms with E-state index in [-0.39, 0.29) is 0 Å². The van der Waals surface area contributed by atoms with Gasteiger partial charge in [-0.15, -0.1) is 0 Å². The highest BCUT2D eigenvalue weighted by Gasteiger charge is 2.78. The van der Waals surface area contributed by atoms with Crippen molar-refractivity contribution in [2.45, 2.75) is 34.1 Å². The van der Waals surface area contributed by atoms with Crippen molar-refractivity contribution in [1.29, 1.82) is 0 Å². The summed E-state index contributed by atoms with van der Waals surface area (Å²) in [7, 11) is 0. The molecule has 0 saturated heterocycles. The largest absolute Gasteiger partial charge is 0.0990 e. The van der Waals surface area contributed by atoms with Gasteiger partial charge in [-0.05, 0) is 35.5 Å². The third-order valence-corrected chi connectivity index (χ3v) is 4.46. The minimum absolute atomic E-state index is 0.614. The molecule has 0 bridgehead atoms. The van der Waals surface area contributed by atoms with Crippen LogP contribution in [0.3, 0.4) is 0 Å². The van der Waals surface area contributed by atoms with Gasteiger partial charge in [-0.2, -0.15) is 0 Å². The minimum atomic E-state index is 0.614. The van der Waals surface area contributed by atoms with Crippen molar-refractivity contribution in [3.05, 3.63) is 12.2 Å². The normalized spacial score (nSPS) is 45.9. The molecule has 0 spiro atoms. The first-order valence-corrected chi connectivity index (χ1v) is 5.18. The van der Waals surface area contributed by atoms with Gasteiger partial charge in [0, 0.05) is 0 Å². The first-order valence-electron chi connectivity index (χ1n) is 5.18. The monoisotopic (exact) mass is 164 g/mol. The molecule has 0 nitrogen and oxygen atoms in total. The summed E-state index contributed by atoms with van der Waals surface area (Å²) in [6, 6.07) is 0. The molecular formula is C12H20. The zero-order valence-electron chi connectivity index (χ0n) is 8.72. The summed E-state index contributed by atoms with van der Waals surface area (Å²) >= 11 is 0. The van der Waals surface area contributed by atoms with Gasteiger partial charge in [-0.25, -0.2) is 0 Å². The predicted molar refractivity (Wildman–Crippen MR) is 52.8 cm³/mol. The molecule has 0 heterocycles. The molecule has 2 rings (SSSR count). The quantitative estimate of drug-likeness (QED) is 0.560. The standard InChI is InChI=1S/C12H20/c1-7(2)8(3)6-10-11-9(4)12(10,11)5/h7-8,10-11H,4,6H2,1-3,5H3. The van der Waals surface area contributed by atoms with Crippen LogP contribution in [0.4, 0.5) is 0 Å². The van der Waals surface area contributed by atoms with E-state index >= 15 is 0 Å². The summed E-state index contributed by atoms with van der Waals surface area (Å²) in [5.74, 6) is 3.68.